The van der Waals surface area contributed by atoms with Crippen molar-refractivity contribution in [2.24, 2.45) is 11.8 Å². The maximum absolute atomic E-state index is 13.1. The van der Waals surface area contributed by atoms with Crippen LogP contribution in [0.15, 0.2) is 24.3 Å². The summed E-state index contributed by atoms with van der Waals surface area (Å²) in [5.41, 5.74) is 0.382. The summed E-state index contributed by atoms with van der Waals surface area (Å²) in [4.78, 5) is 50.3. The lowest BCUT2D eigenvalue weighted by molar-refractivity contribution is -0.146. The van der Waals surface area contributed by atoms with Crippen LogP contribution >= 0.6 is 0 Å². The van der Waals surface area contributed by atoms with Crippen molar-refractivity contribution >= 4 is 23.9 Å². The Labute approximate surface area is 211 Å². The number of benzene rings is 1. The van der Waals surface area contributed by atoms with E-state index in [9.17, 15) is 19.2 Å². The fraction of sp³-hybridized carbons (Fsp3) is 0.615. The molecule has 2 fully saturated rings. The molecule has 0 unspecified atom stereocenters. The van der Waals surface area contributed by atoms with Gasteiger partial charge in [0.1, 0.15) is 23.4 Å². The monoisotopic (exact) mass is 503 g/mol. The Kier molecular flexibility index (Phi) is 9.17. The second kappa shape index (κ2) is 12.1. The highest BCUT2D eigenvalue weighted by atomic mass is 16.6. The van der Waals surface area contributed by atoms with E-state index >= 15 is 0 Å². The van der Waals surface area contributed by atoms with Crippen molar-refractivity contribution in [3.05, 3.63) is 29.8 Å². The second-order valence-corrected chi connectivity index (χ2v) is 10.0. The van der Waals surface area contributed by atoms with Gasteiger partial charge in [0.25, 0.3) is 0 Å². The van der Waals surface area contributed by atoms with Crippen LogP contribution in [0.4, 0.5) is 4.79 Å². The summed E-state index contributed by atoms with van der Waals surface area (Å²) < 4.78 is 15.9. The van der Waals surface area contributed by atoms with Crippen LogP contribution in [-0.4, -0.2) is 62.3 Å². The Balaban J connectivity index is 1.62. The van der Waals surface area contributed by atoms with Crippen LogP contribution in [-0.2, 0) is 30.3 Å². The molecule has 0 spiro atoms. The van der Waals surface area contributed by atoms with Crippen molar-refractivity contribution in [2.45, 2.75) is 70.1 Å². The summed E-state index contributed by atoms with van der Waals surface area (Å²) in [5, 5.41) is 8.09. The highest BCUT2D eigenvalue weighted by Gasteiger charge is 2.47. The van der Waals surface area contributed by atoms with Crippen molar-refractivity contribution in [3.8, 4) is 5.75 Å². The summed E-state index contributed by atoms with van der Waals surface area (Å²) >= 11 is 0. The number of hydrogen-bond acceptors (Lipinski definition) is 7. The van der Waals surface area contributed by atoms with E-state index in [1.807, 2.05) is 38.1 Å². The molecule has 1 aliphatic heterocycles. The van der Waals surface area contributed by atoms with E-state index in [4.69, 9.17) is 14.2 Å². The molecular weight excluding hydrogens is 466 g/mol. The van der Waals surface area contributed by atoms with Gasteiger partial charge < -0.3 is 30.2 Å². The van der Waals surface area contributed by atoms with Crippen LogP contribution in [0.1, 0.15) is 51.5 Å². The number of carbonyl (C=O) groups is 4. The summed E-state index contributed by atoms with van der Waals surface area (Å²) in [6.07, 6.45) is 2.39. The Hall–Kier alpha value is -3.30. The number of esters is 1. The number of methoxy groups -OCH3 is 2. The SMILES string of the molecule is COC(=O)[C@H](C[C@@H]1CCNC1=O)NC(=O)[C@H](CC(C)C)NC(=O)OC1(Cc2cccc(OC)c2)CC1. The number of ether oxygens (including phenoxy) is 3. The van der Waals surface area contributed by atoms with Crippen molar-refractivity contribution in [3.63, 3.8) is 0 Å². The van der Waals surface area contributed by atoms with Gasteiger partial charge in [0.15, 0.2) is 0 Å². The van der Waals surface area contributed by atoms with Crippen LogP contribution in [0.2, 0.25) is 0 Å². The fourth-order valence-electron chi connectivity index (χ4n) is 4.46. The van der Waals surface area contributed by atoms with Crippen LogP contribution < -0.4 is 20.7 Å². The lowest BCUT2D eigenvalue weighted by Gasteiger charge is -2.25. The highest BCUT2D eigenvalue weighted by Crippen LogP contribution is 2.43. The van der Waals surface area contributed by atoms with E-state index in [0.717, 1.165) is 24.2 Å². The number of nitrogens with one attached hydrogen (secondary N) is 3. The largest absolute Gasteiger partial charge is 0.497 e. The highest BCUT2D eigenvalue weighted by molar-refractivity contribution is 5.90. The Morgan fingerprint density at radius 3 is 2.47 bits per heavy atom. The van der Waals surface area contributed by atoms with Gasteiger partial charge in [0.2, 0.25) is 11.8 Å². The molecule has 0 radical (unpaired) electrons. The van der Waals surface area contributed by atoms with E-state index in [1.54, 1.807) is 7.11 Å². The average molecular weight is 504 g/mol. The molecule has 0 bridgehead atoms. The predicted molar refractivity (Wildman–Crippen MR) is 131 cm³/mol. The standard InChI is InChI=1S/C26H37N3O7/c1-16(2)12-20(23(31)28-21(24(32)35-4)14-18-8-11-27-22(18)30)29-25(33)36-26(9-10-26)15-17-6-5-7-19(13-17)34-3/h5-7,13,16,18,20-21H,8-12,14-15H2,1-4H3,(H,27,30)(H,28,31)(H,29,33)/t18-,20-,21-/m0/s1. The lowest BCUT2D eigenvalue weighted by atomic mass is 9.97. The zero-order valence-corrected chi connectivity index (χ0v) is 21.4. The Morgan fingerprint density at radius 2 is 1.89 bits per heavy atom. The number of alkyl carbamates (subject to hydrolysis) is 1. The van der Waals surface area contributed by atoms with Crippen molar-refractivity contribution in [2.75, 3.05) is 20.8 Å². The average Bonchev–Trinajstić information content (AvgIpc) is 3.46. The molecule has 0 aromatic heterocycles. The van der Waals surface area contributed by atoms with Crippen LogP contribution in [0.3, 0.4) is 0 Å². The van der Waals surface area contributed by atoms with Gasteiger partial charge in [-0.05, 0) is 55.7 Å². The zero-order valence-electron chi connectivity index (χ0n) is 21.4. The predicted octanol–water partition coefficient (Wildman–Crippen LogP) is 2.10. The molecule has 10 nitrogen and oxygen atoms in total. The van der Waals surface area contributed by atoms with Crippen molar-refractivity contribution < 1.29 is 33.4 Å². The third-order valence-electron chi connectivity index (χ3n) is 6.58. The third kappa shape index (κ3) is 7.60. The third-order valence-corrected chi connectivity index (χ3v) is 6.58. The molecule has 3 rings (SSSR count). The van der Waals surface area contributed by atoms with Gasteiger partial charge in [-0.1, -0.05) is 26.0 Å². The van der Waals surface area contributed by atoms with Gasteiger partial charge in [-0.25, -0.2) is 9.59 Å². The smallest absolute Gasteiger partial charge is 0.408 e. The number of hydrogen-bond donors (Lipinski definition) is 3. The number of amides is 3. The minimum atomic E-state index is -0.994. The molecule has 1 saturated heterocycles. The maximum Gasteiger partial charge on any atom is 0.408 e. The molecule has 1 aromatic carbocycles. The van der Waals surface area contributed by atoms with E-state index in [2.05, 4.69) is 16.0 Å². The fourth-order valence-corrected chi connectivity index (χ4v) is 4.46. The molecule has 1 aliphatic carbocycles. The molecule has 1 saturated carbocycles. The van der Waals surface area contributed by atoms with Gasteiger partial charge in [0, 0.05) is 18.9 Å². The summed E-state index contributed by atoms with van der Waals surface area (Å²) in [7, 11) is 2.83. The zero-order chi connectivity index (χ0) is 26.3. The van der Waals surface area contributed by atoms with Crippen LogP contribution in [0.5, 0.6) is 5.75 Å². The molecule has 3 N–H and O–H groups in total. The molecule has 2 aliphatic rings. The summed E-state index contributed by atoms with van der Waals surface area (Å²) in [6.45, 7) is 4.39. The van der Waals surface area contributed by atoms with Gasteiger partial charge in [-0.2, -0.15) is 0 Å². The van der Waals surface area contributed by atoms with Gasteiger partial charge in [-0.3, -0.25) is 9.59 Å². The van der Waals surface area contributed by atoms with Crippen molar-refractivity contribution in [1.29, 1.82) is 0 Å². The Morgan fingerprint density at radius 1 is 1.14 bits per heavy atom. The van der Waals surface area contributed by atoms with E-state index in [1.165, 1.54) is 7.11 Å². The number of rotatable bonds is 12. The molecule has 10 heteroatoms. The van der Waals surface area contributed by atoms with Gasteiger partial charge in [-0.15, -0.1) is 0 Å². The lowest BCUT2D eigenvalue weighted by Crippen LogP contribution is -2.53. The van der Waals surface area contributed by atoms with E-state index in [0.29, 0.717) is 25.8 Å². The molecule has 1 heterocycles. The topological polar surface area (TPSA) is 132 Å². The summed E-state index contributed by atoms with van der Waals surface area (Å²) in [6, 6.07) is 5.71. The van der Waals surface area contributed by atoms with E-state index < -0.39 is 35.7 Å². The molecule has 198 valence electrons. The van der Waals surface area contributed by atoms with Crippen LogP contribution in [0, 0.1) is 11.8 Å². The molecule has 36 heavy (non-hydrogen) atoms. The quantitative estimate of drug-likeness (QED) is 0.372. The molecule has 3 atom stereocenters. The van der Waals surface area contributed by atoms with Crippen molar-refractivity contribution in [1.82, 2.24) is 16.0 Å². The first-order valence-electron chi connectivity index (χ1n) is 12.4. The van der Waals surface area contributed by atoms with Gasteiger partial charge in [0.05, 0.1) is 14.2 Å². The van der Waals surface area contributed by atoms with Crippen LogP contribution in [0.25, 0.3) is 0 Å². The first-order valence-corrected chi connectivity index (χ1v) is 12.4. The Bertz CT molecular complexity index is 961. The normalized spacial score (nSPS) is 19.6. The first kappa shape index (κ1) is 27.3. The van der Waals surface area contributed by atoms with Gasteiger partial charge >= 0.3 is 12.1 Å². The minimum Gasteiger partial charge on any atom is -0.497 e. The first-order chi connectivity index (χ1) is 17.1. The molecular formula is C26H37N3O7. The molecule has 3 amide bonds. The summed E-state index contributed by atoms with van der Waals surface area (Å²) in [5.74, 6) is -0.871. The molecule has 1 aromatic rings. The second-order valence-electron chi connectivity index (χ2n) is 10.0. The minimum absolute atomic E-state index is 0.0879. The maximum atomic E-state index is 13.1. The number of carbonyl (C=O) groups excluding carboxylic acids is 4. The van der Waals surface area contributed by atoms with E-state index in [-0.39, 0.29) is 24.2 Å².